The van der Waals surface area contributed by atoms with E-state index in [1.807, 2.05) is 0 Å². The highest BCUT2D eigenvalue weighted by Gasteiger charge is 2.18. The summed E-state index contributed by atoms with van der Waals surface area (Å²) < 4.78 is 36.8. The summed E-state index contributed by atoms with van der Waals surface area (Å²) in [6.45, 7) is 0. The lowest BCUT2D eigenvalue weighted by atomic mass is 10.2. The predicted octanol–water partition coefficient (Wildman–Crippen LogP) is 1.83. The van der Waals surface area contributed by atoms with Crippen LogP contribution in [0, 0.1) is 5.95 Å². The molecule has 0 saturated carbocycles. The normalized spacial score (nSPS) is 10.6. The third-order valence-corrected chi connectivity index (χ3v) is 1.67. The van der Waals surface area contributed by atoms with Gasteiger partial charge < -0.3 is 0 Å². The lowest BCUT2D eigenvalue weighted by Gasteiger charge is -2.01. The molecule has 0 atom stereocenters. The van der Waals surface area contributed by atoms with Crippen molar-refractivity contribution >= 4 is 16.8 Å². The maximum absolute atomic E-state index is 12.7. The summed E-state index contributed by atoms with van der Waals surface area (Å²) in [5.41, 5.74) is -2.90. The lowest BCUT2D eigenvalue weighted by Crippen LogP contribution is -2.18. The van der Waals surface area contributed by atoms with Crippen LogP contribution in [0.1, 0.15) is 22.3 Å². The summed E-state index contributed by atoms with van der Waals surface area (Å²) in [4.78, 5) is 22.8. The van der Waals surface area contributed by atoms with Gasteiger partial charge in [0.2, 0.25) is 5.95 Å². The van der Waals surface area contributed by atoms with E-state index in [0.29, 0.717) is 6.07 Å². The molecule has 0 aromatic carbocycles. The Kier molecular flexibility index (Phi) is 2.95. The Morgan fingerprint density at radius 1 is 1.50 bits per heavy atom. The summed E-state index contributed by atoms with van der Waals surface area (Å²) in [5, 5.41) is -1.21. The molecule has 0 aliphatic carbocycles. The fourth-order valence-electron chi connectivity index (χ4n) is 0.828. The first-order valence-electron chi connectivity index (χ1n) is 3.34. The molecule has 76 valence electrons. The van der Waals surface area contributed by atoms with Gasteiger partial charge in [0.05, 0.1) is 11.1 Å². The third kappa shape index (κ3) is 1.95. The van der Waals surface area contributed by atoms with Crippen molar-refractivity contribution in [1.29, 1.82) is 0 Å². The van der Waals surface area contributed by atoms with E-state index in [1.54, 1.807) is 0 Å². The fraction of sp³-hybridized carbons (Fsp3) is 0.143. The zero-order valence-corrected chi connectivity index (χ0v) is 7.24. The molecular formula is C7H3ClF3NO2. The van der Waals surface area contributed by atoms with Crippen molar-refractivity contribution in [3.05, 3.63) is 33.5 Å². The number of rotatable bonds is 2. The minimum atomic E-state index is -3.12. The van der Waals surface area contributed by atoms with Gasteiger partial charge in [0.25, 0.3) is 17.2 Å². The monoisotopic (exact) mass is 225 g/mol. The first-order valence-corrected chi connectivity index (χ1v) is 3.72. The van der Waals surface area contributed by atoms with E-state index in [1.165, 1.54) is 4.98 Å². The predicted molar refractivity (Wildman–Crippen MR) is 42.2 cm³/mol. The SMILES string of the molecule is O=C(Cl)c1cc(C(F)F)c(F)[nH]c1=O. The number of H-pyrrole nitrogens is 1. The number of hydrogen-bond acceptors (Lipinski definition) is 2. The quantitative estimate of drug-likeness (QED) is 0.617. The van der Waals surface area contributed by atoms with Crippen LogP contribution in [0.5, 0.6) is 0 Å². The molecule has 0 radical (unpaired) electrons. The van der Waals surface area contributed by atoms with E-state index < -0.39 is 34.3 Å². The maximum Gasteiger partial charge on any atom is 0.268 e. The van der Waals surface area contributed by atoms with Gasteiger partial charge in [0, 0.05) is 0 Å². The topological polar surface area (TPSA) is 49.9 Å². The average Bonchev–Trinajstić information content (AvgIpc) is 2.02. The van der Waals surface area contributed by atoms with E-state index >= 15 is 0 Å². The smallest absolute Gasteiger partial charge is 0.268 e. The molecule has 1 aromatic rings. The van der Waals surface area contributed by atoms with E-state index in [9.17, 15) is 22.8 Å². The molecule has 1 N–H and O–H groups in total. The Bertz CT molecular complexity index is 429. The Balaban J connectivity index is 3.42. The van der Waals surface area contributed by atoms with Crippen LogP contribution >= 0.6 is 11.6 Å². The minimum Gasteiger partial charge on any atom is -0.298 e. The van der Waals surface area contributed by atoms with E-state index in [4.69, 9.17) is 11.6 Å². The Morgan fingerprint density at radius 3 is 2.50 bits per heavy atom. The van der Waals surface area contributed by atoms with Gasteiger partial charge in [-0.1, -0.05) is 0 Å². The summed E-state index contributed by atoms with van der Waals surface area (Å²) in [5.74, 6) is -1.47. The molecule has 0 saturated heterocycles. The second kappa shape index (κ2) is 3.83. The van der Waals surface area contributed by atoms with Crippen molar-refractivity contribution < 1.29 is 18.0 Å². The molecule has 7 heteroatoms. The van der Waals surface area contributed by atoms with Gasteiger partial charge >= 0.3 is 0 Å². The number of halogens is 4. The molecule has 0 spiro atoms. The Labute approximate surface area is 80.5 Å². The highest BCUT2D eigenvalue weighted by atomic mass is 35.5. The Hall–Kier alpha value is -1.30. The highest BCUT2D eigenvalue weighted by Crippen LogP contribution is 2.20. The number of carbonyl (C=O) groups is 1. The molecule has 1 aromatic heterocycles. The molecule has 3 nitrogen and oxygen atoms in total. The van der Waals surface area contributed by atoms with Gasteiger partial charge in [0.15, 0.2) is 0 Å². The molecule has 0 amide bonds. The molecule has 14 heavy (non-hydrogen) atoms. The summed E-state index contributed by atoms with van der Waals surface area (Å²) in [6, 6.07) is 0.439. The molecule has 0 aliphatic heterocycles. The van der Waals surface area contributed by atoms with Gasteiger partial charge in [-0.05, 0) is 17.7 Å². The molecule has 1 rings (SSSR count). The van der Waals surface area contributed by atoms with Crippen LogP contribution in [0.2, 0.25) is 0 Å². The molecule has 0 bridgehead atoms. The second-order valence-corrected chi connectivity index (χ2v) is 2.70. The van der Waals surface area contributed by atoms with Crippen molar-refractivity contribution in [1.82, 2.24) is 4.98 Å². The van der Waals surface area contributed by atoms with Gasteiger partial charge in [-0.15, -0.1) is 0 Å². The van der Waals surface area contributed by atoms with Crippen LogP contribution in [0.3, 0.4) is 0 Å². The number of carbonyl (C=O) groups excluding carboxylic acids is 1. The van der Waals surface area contributed by atoms with Gasteiger partial charge in [-0.3, -0.25) is 14.6 Å². The van der Waals surface area contributed by atoms with Crippen molar-refractivity contribution in [2.45, 2.75) is 6.43 Å². The van der Waals surface area contributed by atoms with Crippen molar-refractivity contribution in [3.8, 4) is 0 Å². The van der Waals surface area contributed by atoms with Crippen LogP contribution in [0.15, 0.2) is 10.9 Å². The number of aromatic nitrogens is 1. The summed E-state index contributed by atoms with van der Waals surface area (Å²) in [7, 11) is 0. The molecule has 0 aliphatic rings. The number of aromatic amines is 1. The molecule has 0 unspecified atom stereocenters. The van der Waals surface area contributed by atoms with Crippen LogP contribution in [-0.4, -0.2) is 10.2 Å². The van der Waals surface area contributed by atoms with Crippen molar-refractivity contribution in [2.75, 3.05) is 0 Å². The first kappa shape index (κ1) is 10.8. The van der Waals surface area contributed by atoms with Crippen LogP contribution in [0.25, 0.3) is 0 Å². The van der Waals surface area contributed by atoms with Crippen LogP contribution in [0.4, 0.5) is 13.2 Å². The van der Waals surface area contributed by atoms with Crippen LogP contribution in [-0.2, 0) is 0 Å². The number of pyridine rings is 1. The number of hydrogen-bond donors (Lipinski definition) is 1. The first-order chi connectivity index (χ1) is 6.43. The Morgan fingerprint density at radius 2 is 2.07 bits per heavy atom. The van der Waals surface area contributed by atoms with Crippen LogP contribution < -0.4 is 5.56 Å². The summed E-state index contributed by atoms with van der Waals surface area (Å²) in [6.07, 6.45) is -3.12. The summed E-state index contributed by atoms with van der Waals surface area (Å²) >= 11 is 4.91. The molecular weight excluding hydrogens is 223 g/mol. The van der Waals surface area contributed by atoms with Crippen molar-refractivity contribution in [2.24, 2.45) is 0 Å². The van der Waals surface area contributed by atoms with Crippen molar-refractivity contribution in [3.63, 3.8) is 0 Å². The number of alkyl halides is 2. The largest absolute Gasteiger partial charge is 0.298 e. The second-order valence-electron chi connectivity index (χ2n) is 2.36. The van der Waals surface area contributed by atoms with E-state index in [0.717, 1.165) is 0 Å². The fourth-order valence-corrected chi connectivity index (χ4v) is 0.969. The third-order valence-electron chi connectivity index (χ3n) is 1.47. The van der Waals surface area contributed by atoms with E-state index in [-0.39, 0.29) is 0 Å². The van der Waals surface area contributed by atoms with Gasteiger partial charge in [-0.2, -0.15) is 4.39 Å². The minimum absolute atomic E-state index is 0.439. The molecule has 1 heterocycles. The van der Waals surface area contributed by atoms with E-state index in [2.05, 4.69) is 0 Å². The van der Waals surface area contributed by atoms with Gasteiger partial charge in [0.1, 0.15) is 0 Å². The standard InChI is InChI=1S/C7H3ClF3NO2/c8-4(13)2-1-3(5(9)10)6(11)12-7(2)14/h1,5H,(H,12,14). The van der Waals surface area contributed by atoms with Gasteiger partial charge in [-0.25, -0.2) is 8.78 Å². The maximum atomic E-state index is 12.7. The number of nitrogens with one attached hydrogen (secondary N) is 1. The molecule has 0 fully saturated rings. The highest BCUT2D eigenvalue weighted by molar-refractivity contribution is 6.67. The lowest BCUT2D eigenvalue weighted by molar-refractivity contribution is 0.107. The zero-order chi connectivity index (χ0) is 10.9. The average molecular weight is 226 g/mol. The zero-order valence-electron chi connectivity index (χ0n) is 6.48.